The summed E-state index contributed by atoms with van der Waals surface area (Å²) >= 11 is 1.65. The first-order valence-corrected chi connectivity index (χ1v) is 8.65. The van der Waals surface area contributed by atoms with E-state index in [9.17, 15) is 0 Å². The fourth-order valence-electron chi connectivity index (χ4n) is 2.89. The molecule has 0 N–H and O–H groups in total. The lowest BCUT2D eigenvalue weighted by Crippen LogP contribution is -2.24. The highest BCUT2D eigenvalue weighted by molar-refractivity contribution is 8.03. The standard InChI is InChI=1S/C22H17NS/c23-17-10-18-24-22(19-11-4-1-5-12-19,20-13-6-2-7-14-20)21-15-8-3-9-16-21/h1-16,18H/b18-10+. The molecule has 2 heteroatoms. The van der Waals surface area contributed by atoms with E-state index in [-0.39, 0.29) is 0 Å². The molecule has 24 heavy (non-hydrogen) atoms. The Labute approximate surface area is 147 Å². The molecule has 0 spiro atoms. The van der Waals surface area contributed by atoms with Crippen LogP contribution in [0.1, 0.15) is 16.7 Å². The van der Waals surface area contributed by atoms with Gasteiger partial charge >= 0.3 is 0 Å². The van der Waals surface area contributed by atoms with Gasteiger partial charge in [-0.25, -0.2) is 0 Å². The number of hydrogen-bond acceptors (Lipinski definition) is 2. The van der Waals surface area contributed by atoms with Crippen molar-refractivity contribution in [2.24, 2.45) is 0 Å². The molecule has 0 radical (unpaired) electrons. The average molecular weight is 327 g/mol. The molecule has 0 heterocycles. The lowest BCUT2D eigenvalue weighted by molar-refractivity contribution is 0.900. The number of benzene rings is 3. The zero-order valence-corrected chi connectivity index (χ0v) is 14.0. The first-order chi connectivity index (χ1) is 11.9. The summed E-state index contributed by atoms with van der Waals surface area (Å²) in [6.45, 7) is 0. The minimum absolute atomic E-state index is 0.392. The smallest absolute Gasteiger partial charge is 0.0948 e. The molecule has 0 amide bonds. The zero-order chi connectivity index (χ0) is 16.7. The number of hydrogen-bond donors (Lipinski definition) is 0. The Morgan fingerprint density at radius 1 is 0.667 bits per heavy atom. The van der Waals surface area contributed by atoms with Crippen LogP contribution in [0.4, 0.5) is 0 Å². The van der Waals surface area contributed by atoms with Crippen LogP contribution in [0.2, 0.25) is 0 Å². The Balaban J connectivity index is 2.28. The highest BCUT2D eigenvalue weighted by atomic mass is 32.2. The topological polar surface area (TPSA) is 23.8 Å². The molecule has 1 nitrogen and oxygen atoms in total. The maximum atomic E-state index is 8.92. The van der Waals surface area contributed by atoms with Gasteiger partial charge in [0.25, 0.3) is 0 Å². The van der Waals surface area contributed by atoms with Crippen LogP contribution in [0, 0.1) is 11.3 Å². The largest absolute Gasteiger partial charge is 0.193 e. The quantitative estimate of drug-likeness (QED) is 0.440. The van der Waals surface area contributed by atoms with Crippen molar-refractivity contribution >= 4 is 11.8 Å². The van der Waals surface area contributed by atoms with Gasteiger partial charge in [-0.1, -0.05) is 91.0 Å². The number of rotatable bonds is 5. The number of nitriles is 1. The second kappa shape index (κ2) is 7.68. The number of thioether (sulfide) groups is 1. The predicted molar refractivity (Wildman–Crippen MR) is 102 cm³/mol. The monoisotopic (exact) mass is 327 g/mol. The van der Waals surface area contributed by atoms with Crippen LogP contribution >= 0.6 is 11.8 Å². The lowest BCUT2D eigenvalue weighted by Gasteiger charge is -2.34. The van der Waals surface area contributed by atoms with E-state index in [0.717, 1.165) is 0 Å². The summed E-state index contributed by atoms with van der Waals surface area (Å²) in [6, 6.07) is 33.4. The van der Waals surface area contributed by atoms with E-state index in [4.69, 9.17) is 5.26 Å². The molecule has 0 aliphatic heterocycles. The first kappa shape index (κ1) is 16.1. The van der Waals surface area contributed by atoms with Crippen LogP contribution in [0.25, 0.3) is 0 Å². The van der Waals surface area contributed by atoms with Crippen LogP contribution in [-0.4, -0.2) is 0 Å². The van der Waals surface area contributed by atoms with Crippen molar-refractivity contribution in [1.82, 2.24) is 0 Å². The summed E-state index contributed by atoms with van der Waals surface area (Å²) < 4.78 is -0.392. The van der Waals surface area contributed by atoms with E-state index < -0.39 is 4.75 Å². The second-order valence-electron chi connectivity index (χ2n) is 5.33. The van der Waals surface area contributed by atoms with Crippen molar-refractivity contribution in [1.29, 1.82) is 5.26 Å². The van der Waals surface area contributed by atoms with Gasteiger partial charge in [-0.3, -0.25) is 0 Å². The molecular weight excluding hydrogens is 310 g/mol. The second-order valence-corrected chi connectivity index (χ2v) is 6.45. The minimum Gasteiger partial charge on any atom is -0.193 e. The Kier molecular flexibility index (Phi) is 5.15. The third-order valence-electron chi connectivity index (χ3n) is 3.93. The third kappa shape index (κ3) is 3.13. The van der Waals surface area contributed by atoms with Crippen molar-refractivity contribution in [3.8, 4) is 6.07 Å². The molecular formula is C22H17NS. The van der Waals surface area contributed by atoms with E-state index in [2.05, 4.69) is 78.9 Å². The highest BCUT2D eigenvalue weighted by Gasteiger charge is 2.36. The van der Waals surface area contributed by atoms with Gasteiger partial charge in [0.1, 0.15) is 0 Å². The van der Waals surface area contributed by atoms with Gasteiger partial charge in [-0.2, -0.15) is 5.26 Å². The Morgan fingerprint density at radius 2 is 1.04 bits per heavy atom. The van der Waals surface area contributed by atoms with E-state index in [1.165, 1.54) is 22.8 Å². The van der Waals surface area contributed by atoms with Crippen LogP contribution in [0.5, 0.6) is 0 Å². The molecule has 0 bridgehead atoms. The molecule has 0 fully saturated rings. The van der Waals surface area contributed by atoms with Gasteiger partial charge < -0.3 is 0 Å². The molecule has 0 aliphatic carbocycles. The van der Waals surface area contributed by atoms with Gasteiger partial charge in [0.2, 0.25) is 0 Å². The van der Waals surface area contributed by atoms with Crippen molar-refractivity contribution in [2.75, 3.05) is 0 Å². The van der Waals surface area contributed by atoms with Crippen LogP contribution < -0.4 is 0 Å². The molecule has 0 unspecified atom stereocenters. The van der Waals surface area contributed by atoms with Crippen molar-refractivity contribution in [3.05, 3.63) is 119 Å². The van der Waals surface area contributed by atoms with Crippen molar-refractivity contribution < 1.29 is 0 Å². The maximum absolute atomic E-state index is 8.92. The number of allylic oxidation sites excluding steroid dienone is 1. The fourth-order valence-corrected chi connectivity index (χ4v) is 4.04. The van der Waals surface area contributed by atoms with Gasteiger partial charge in [-0.05, 0) is 22.1 Å². The molecule has 3 aromatic rings. The third-order valence-corrected chi connectivity index (χ3v) is 5.26. The minimum atomic E-state index is -0.392. The first-order valence-electron chi connectivity index (χ1n) is 7.77. The highest BCUT2D eigenvalue weighted by Crippen LogP contribution is 2.48. The summed E-state index contributed by atoms with van der Waals surface area (Å²) in [7, 11) is 0. The van der Waals surface area contributed by atoms with E-state index in [0.29, 0.717) is 0 Å². The van der Waals surface area contributed by atoms with Crippen molar-refractivity contribution in [2.45, 2.75) is 4.75 Å². The van der Waals surface area contributed by atoms with Gasteiger partial charge in [0.15, 0.2) is 0 Å². The molecule has 0 saturated heterocycles. The summed E-state index contributed by atoms with van der Waals surface area (Å²) in [4.78, 5) is 0. The molecule has 0 aliphatic rings. The predicted octanol–water partition coefficient (Wildman–Crippen LogP) is 5.75. The van der Waals surface area contributed by atoms with Gasteiger partial charge in [-0.15, -0.1) is 11.8 Å². The van der Waals surface area contributed by atoms with Gasteiger partial charge in [0, 0.05) is 6.08 Å². The maximum Gasteiger partial charge on any atom is 0.0948 e. The Hall–Kier alpha value is -2.76. The fraction of sp³-hybridized carbons (Fsp3) is 0.0455. The SMILES string of the molecule is N#C/C=C/SC(c1ccccc1)(c1ccccc1)c1ccccc1. The summed E-state index contributed by atoms with van der Waals surface area (Å²) in [5.74, 6) is 0. The lowest BCUT2D eigenvalue weighted by atomic mass is 9.84. The van der Waals surface area contributed by atoms with Gasteiger partial charge in [0.05, 0.1) is 10.8 Å². The summed E-state index contributed by atoms with van der Waals surface area (Å²) in [5.41, 5.74) is 3.57. The summed E-state index contributed by atoms with van der Waals surface area (Å²) in [6.07, 6.45) is 1.54. The molecule has 0 atom stereocenters. The normalized spacial score (nSPS) is 11.3. The van der Waals surface area contributed by atoms with E-state index >= 15 is 0 Å². The van der Waals surface area contributed by atoms with Crippen LogP contribution in [0.15, 0.2) is 102 Å². The Morgan fingerprint density at radius 3 is 1.38 bits per heavy atom. The molecule has 0 aromatic heterocycles. The Bertz CT molecular complexity index is 737. The summed E-state index contributed by atoms with van der Waals surface area (Å²) in [5, 5.41) is 10.8. The van der Waals surface area contributed by atoms with E-state index in [1.54, 1.807) is 11.8 Å². The van der Waals surface area contributed by atoms with Crippen molar-refractivity contribution in [3.63, 3.8) is 0 Å². The van der Waals surface area contributed by atoms with Crippen LogP contribution in [0.3, 0.4) is 0 Å². The zero-order valence-electron chi connectivity index (χ0n) is 13.2. The van der Waals surface area contributed by atoms with Crippen LogP contribution in [-0.2, 0) is 4.75 Å². The van der Waals surface area contributed by atoms with E-state index in [1.807, 2.05) is 23.6 Å². The average Bonchev–Trinajstić information content (AvgIpc) is 2.68. The number of nitrogens with zero attached hydrogens (tertiary/aromatic N) is 1. The molecule has 116 valence electrons. The molecule has 3 aromatic carbocycles. The molecule has 0 saturated carbocycles. The molecule has 3 rings (SSSR count).